The summed E-state index contributed by atoms with van der Waals surface area (Å²) in [5.74, 6) is 0.689. The molecular formula is C32H51F3O4. The van der Waals surface area contributed by atoms with Gasteiger partial charge in [0.25, 0.3) is 0 Å². The zero-order chi connectivity index (χ0) is 29.3. The number of aliphatic hydroxyl groups excluding tert-OH is 2. The molecular weight excluding hydrogens is 505 g/mol. The van der Waals surface area contributed by atoms with E-state index in [0.29, 0.717) is 43.9 Å². The lowest BCUT2D eigenvalue weighted by molar-refractivity contribution is -0.232. The first kappa shape index (κ1) is 32.4. The van der Waals surface area contributed by atoms with Gasteiger partial charge in [0.05, 0.1) is 17.8 Å². The lowest BCUT2D eigenvalue weighted by atomic mass is 9.55. The van der Waals surface area contributed by atoms with E-state index >= 15 is 0 Å². The van der Waals surface area contributed by atoms with E-state index in [1.807, 2.05) is 0 Å². The van der Waals surface area contributed by atoms with Crippen molar-refractivity contribution in [2.45, 2.75) is 141 Å². The van der Waals surface area contributed by atoms with Crippen LogP contribution < -0.4 is 0 Å². The third-order valence-electron chi connectivity index (χ3n) is 10.0. The van der Waals surface area contributed by atoms with E-state index in [1.54, 1.807) is 13.8 Å². The number of allylic oxidation sites excluding steroid dienone is 4. The van der Waals surface area contributed by atoms with Crippen molar-refractivity contribution in [1.29, 1.82) is 0 Å². The van der Waals surface area contributed by atoms with Crippen molar-refractivity contribution >= 4 is 0 Å². The highest BCUT2D eigenvalue weighted by molar-refractivity contribution is 5.27. The Morgan fingerprint density at radius 3 is 2.18 bits per heavy atom. The molecule has 0 aromatic rings. The second-order valence-corrected chi connectivity index (χ2v) is 14.1. The zero-order valence-corrected chi connectivity index (χ0v) is 24.5. The zero-order valence-electron chi connectivity index (χ0n) is 24.5. The summed E-state index contributed by atoms with van der Waals surface area (Å²) >= 11 is 0. The average molecular weight is 557 g/mol. The van der Waals surface area contributed by atoms with E-state index in [4.69, 9.17) is 0 Å². The van der Waals surface area contributed by atoms with Crippen LogP contribution in [0.1, 0.15) is 112 Å². The molecule has 4 nitrogen and oxygen atoms in total. The Bertz CT molecular complexity index is 917. The van der Waals surface area contributed by atoms with Crippen molar-refractivity contribution < 1.29 is 33.6 Å². The molecule has 0 aromatic heterocycles. The first-order valence-corrected chi connectivity index (χ1v) is 14.8. The largest absolute Gasteiger partial charge is 0.420 e. The van der Waals surface area contributed by atoms with Gasteiger partial charge >= 0.3 is 6.18 Å². The van der Waals surface area contributed by atoms with E-state index in [2.05, 4.69) is 26.0 Å². The van der Waals surface area contributed by atoms with Gasteiger partial charge in [0.2, 0.25) is 0 Å². The summed E-state index contributed by atoms with van der Waals surface area (Å²) in [4.78, 5) is 0. The number of fused-ring (bicyclic) bond motifs is 1. The summed E-state index contributed by atoms with van der Waals surface area (Å²) in [6, 6.07) is 0. The molecule has 3 saturated carbocycles. The van der Waals surface area contributed by atoms with Gasteiger partial charge in [-0.2, -0.15) is 13.2 Å². The minimum atomic E-state index is -4.73. The molecule has 4 N–H and O–H groups in total. The Balaban J connectivity index is 1.86. The lowest BCUT2D eigenvalue weighted by Gasteiger charge is -2.49. The molecule has 224 valence electrons. The van der Waals surface area contributed by atoms with Gasteiger partial charge in [0, 0.05) is 0 Å². The van der Waals surface area contributed by atoms with Crippen LogP contribution in [-0.4, -0.2) is 50.0 Å². The summed E-state index contributed by atoms with van der Waals surface area (Å²) < 4.78 is 39.9. The molecule has 0 saturated heterocycles. The predicted molar refractivity (Wildman–Crippen MR) is 149 cm³/mol. The normalized spacial score (nSPS) is 34.7. The molecule has 39 heavy (non-hydrogen) atoms. The van der Waals surface area contributed by atoms with E-state index in [-0.39, 0.29) is 10.8 Å². The van der Waals surface area contributed by atoms with Crippen molar-refractivity contribution in [3.8, 4) is 0 Å². The molecule has 3 aliphatic carbocycles. The van der Waals surface area contributed by atoms with Gasteiger partial charge in [-0.1, -0.05) is 49.6 Å². The van der Waals surface area contributed by atoms with Crippen LogP contribution in [0.5, 0.6) is 0 Å². The molecule has 3 rings (SSSR count). The molecule has 0 heterocycles. The minimum absolute atomic E-state index is 0.0120. The van der Waals surface area contributed by atoms with Crippen LogP contribution in [0.4, 0.5) is 13.2 Å². The molecule has 0 amide bonds. The number of hydrogen-bond donors (Lipinski definition) is 4. The van der Waals surface area contributed by atoms with E-state index in [1.165, 1.54) is 11.6 Å². The Kier molecular flexibility index (Phi) is 9.95. The first-order valence-electron chi connectivity index (χ1n) is 14.8. The number of aliphatic hydroxyl groups is 4. The summed E-state index contributed by atoms with van der Waals surface area (Å²) in [6.07, 6.45) is 10.5. The van der Waals surface area contributed by atoms with Crippen molar-refractivity contribution in [2.75, 3.05) is 0 Å². The maximum Gasteiger partial charge on any atom is 0.420 e. The summed E-state index contributed by atoms with van der Waals surface area (Å²) in [5.41, 5.74) is -1.44. The summed E-state index contributed by atoms with van der Waals surface area (Å²) in [7, 11) is 0. The fourth-order valence-electron chi connectivity index (χ4n) is 7.91. The fourth-order valence-corrected chi connectivity index (χ4v) is 7.91. The molecule has 0 aromatic carbocycles. The maximum atomic E-state index is 13.3. The minimum Gasteiger partial charge on any atom is -0.393 e. The number of halogens is 3. The second-order valence-electron chi connectivity index (χ2n) is 14.1. The Hall–Kier alpha value is -1.15. The molecule has 3 fully saturated rings. The quantitative estimate of drug-likeness (QED) is 0.227. The summed E-state index contributed by atoms with van der Waals surface area (Å²) in [5, 5.41) is 40.4. The van der Waals surface area contributed by atoms with Crippen LogP contribution in [0.15, 0.2) is 35.5 Å². The van der Waals surface area contributed by atoms with Gasteiger partial charge in [0.1, 0.15) is 0 Å². The Morgan fingerprint density at radius 1 is 0.949 bits per heavy atom. The Labute approximate surface area is 233 Å². The monoisotopic (exact) mass is 556 g/mol. The highest BCUT2D eigenvalue weighted by Gasteiger charge is 2.55. The van der Waals surface area contributed by atoms with Gasteiger partial charge in [-0.05, 0) is 120 Å². The summed E-state index contributed by atoms with van der Waals surface area (Å²) in [6.45, 7) is 8.91. The van der Waals surface area contributed by atoms with Gasteiger partial charge in [-0.3, -0.25) is 0 Å². The molecule has 3 aliphatic rings. The molecule has 0 spiro atoms. The van der Waals surface area contributed by atoms with Crippen molar-refractivity contribution in [1.82, 2.24) is 0 Å². The average Bonchev–Trinajstić information content (AvgIpc) is 3.13. The van der Waals surface area contributed by atoms with Crippen molar-refractivity contribution in [2.24, 2.45) is 22.7 Å². The molecule has 7 atom stereocenters. The van der Waals surface area contributed by atoms with Crippen LogP contribution in [0, 0.1) is 22.7 Å². The van der Waals surface area contributed by atoms with Crippen LogP contribution in [0.3, 0.4) is 0 Å². The Morgan fingerprint density at radius 2 is 1.59 bits per heavy atom. The van der Waals surface area contributed by atoms with Gasteiger partial charge in [0.15, 0.2) is 5.60 Å². The standard InChI is InChI=1S/C32H51F3O4/c1-28(2,38)14-7-15-29(3,16-8-18-31(5,39)32(33,34)35)27-13-12-26-23(9-6-17-30(26,27)4)11-10-22-19-24(36)21-25(37)20-22/h8,10-11,18,24-27,36-39H,6-7,9,12-17,19-21H2,1-5H3/b18-8-,23-11+/t24-,25-,26?,27-,29-,30+,31?/m1/s1. The van der Waals surface area contributed by atoms with Gasteiger partial charge < -0.3 is 20.4 Å². The third-order valence-corrected chi connectivity index (χ3v) is 10.0. The molecule has 7 heteroatoms. The second kappa shape index (κ2) is 12.0. The molecule has 0 bridgehead atoms. The van der Waals surface area contributed by atoms with Crippen molar-refractivity contribution in [3.05, 3.63) is 35.5 Å². The van der Waals surface area contributed by atoms with Crippen LogP contribution in [0.2, 0.25) is 0 Å². The topological polar surface area (TPSA) is 80.9 Å². The molecule has 0 aliphatic heterocycles. The molecule has 2 unspecified atom stereocenters. The van der Waals surface area contributed by atoms with Crippen LogP contribution >= 0.6 is 0 Å². The number of rotatable bonds is 9. The van der Waals surface area contributed by atoms with E-state index < -0.39 is 29.6 Å². The SMILES string of the molecule is CC(C)(O)CCC[C@](C)(C/C=C\C(C)(O)C(F)(F)F)[C@H]1CCC2/C(=C/C=C3C[C@@H](O)C[C@H](O)C3)CCC[C@@]21C. The highest BCUT2D eigenvalue weighted by atomic mass is 19.4. The smallest absolute Gasteiger partial charge is 0.393 e. The molecule has 0 radical (unpaired) electrons. The van der Waals surface area contributed by atoms with Gasteiger partial charge in [-0.15, -0.1) is 0 Å². The number of hydrogen-bond acceptors (Lipinski definition) is 4. The van der Waals surface area contributed by atoms with Crippen molar-refractivity contribution in [3.63, 3.8) is 0 Å². The number of alkyl halides is 3. The fraction of sp³-hybridized carbons (Fsp3) is 0.812. The van der Waals surface area contributed by atoms with Crippen LogP contribution in [-0.2, 0) is 0 Å². The van der Waals surface area contributed by atoms with Crippen LogP contribution in [0.25, 0.3) is 0 Å². The van der Waals surface area contributed by atoms with Gasteiger partial charge in [-0.25, -0.2) is 0 Å². The highest BCUT2D eigenvalue weighted by Crippen LogP contribution is 2.63. The van der Waals surface area contributed by atoms with E-state index in [0.717, 1.165) is 63.5 Å². The first-order chi connectivity index (χ1) is 17.9. The van der Waals surface area contributed by atoms with E-state index in [9.17, 15) is 33.6 Å². The predicted octanol–water partition coefficient (Wildman–Crippen LogP) is 7.17. The lowest BCUT2D eigenvalue weighted by Crippen LogP contribution is -2.42. The maximum absolute atomic E-state index is 13.3. The third kappa shape index (κ3) is 7.99.